The summed E-state index contributed by atoms with van der Waals surface area (Å²) in [5, 5.41) is 19.4. The second-order valence-electron chi connectivity index (χ2n) is 16.9. The van der Waals surface area contributed by atoms with Crippen molar-refractivity contribution in [2.24, 2.45) is 0 Å². The molecule has 298 valence electrons. The first-order chi connectivity index (χ1) is 31.6. The molecule has 0 saturated heterocycles. The van der Waals surface area contributed by atoms with Crippen molar-refractivity contribution >= 4 is 109 Å². The SMILES string of the molecule is O=P(c1ccc2ccccc2c1)(c1ccc2ccccc2c1)c1ccc(-c2cc3c(-c4ccccc4)nc4c5ccccc5c5ccccc5c4c3c3ccccc23)c2ccccc12. The molecule has 64 heavy (non-hydrogen) atoms. The van der Waals surface area contributed by atoms with Gasteiger partial charge in [0.2, 0.25) is 0 Å². The van der Waals surface area contributed by atoms with Crippen molar-refractivity contribution < 1.29 is 4.57 Å². The van der Waals surface area contributed by atoms with E-state index < -0.39 is 7.14 Å². The molecule has 1 aromatic heterocycles. The molecule has 3 heteroatoms. The zero-order chi connectivity index (χ0) is 42.4. The van der Waals surface area contributed by atoms with Gasteiger partial charge in [0.05, 0.1) is 11.2 Å². The minimum atomic E-state index is -3.46. The number of rotatable bonds is 5. The number of aromatic nitrogens is 1. The monoisotopic (exact) mass is 831 g/mol. The van der Waals surface area contributed by atoms with Gasteiger partial charge < -0.3 is 4.57 Å². The van der Waals surface area contributed by atoms with Crippen LogP contribution in [0.4, 0.5) is 0 Å². The van der Waals surface area contributed by atoms with Gasteiger partial charge in [0.25, 0.3) is 0 Å². The largest absolute Gasteiger partial charge is 0.309 e. The second-order valence-corrected chi connectivity index (χ2v) is 19.6. The Morgan fingerprint density at radius 1 is 0.312 bits per heavy atom. The van der Waals surface area contributed by atoms with Crippen molar-refractivity contribution in [3.05, 3.63) is 231 Å². The summed E-state index contributed by atoms with van der Waals surface area (Å²) in [6, 6.07) is 81.6. The van der Waals surface area contributed by atoms with Gasteiger partial charge in [0.15, 0.2) is 7.14 Å². The zero-order valence-electron chi connectivity index (χ0n) is 34.7. The molecule has 0 N–H and O–H groups in total. The molecule has 0 amide bonds. The molecule has 2 nitrogen and oxygen atoms in total. The highest BCUT2D eigenvalue weighted by Gasteiger charge is 2.33. The fourth-order valence-corrected chi connectivity index (χ4v) is 13.4. The van der Waals surface area contributed by atoms with Gasteiger partial charge in [-0.3, -0.25) is 0 Å². The number of pyridine rings is 1. The van der Waals surface area contributed by atoms with Crippen molar-refractivity contribution in [2.75, 3.05) is 0 Å². The van der Waals surface area contributed by atoms with Crippen LogP contribution in [0.2, 0.25) is 0 Å². The van der Waals surface area contributed by atoms with Crippen LogP contribution in [0.5, 0.6) is 0 Å². The molecule has 12 aromatic carbocycles. The number of hydrogen-bond acceptors (Lipinski definition) is 2. The molecule has 0 saturated carbocycles. The Balaban J connectivity index is 1.14. The van der Waals surface area contributed by atoms with Crippen LogP contribution in [0.25, 0.3) is 109 Å². The fourth-order valence-electron chi connectivity index (χ4n) is 10.5. The van der Waals surface area contributed by atoms with E-state index in [-0.39, 0.29) is 0 Å². The summed E-state index contributed by atoms with van der Waals surface area (Å²) in [4.78, 5) is 5.68. The molecule has 0 aliphatic rings. The van der Waals surface area contributed by atoms with Gasteiger partial charge in [-0.15, -0.1) is 0 Å². The molecule has 0 unspecified atom stereocenters. The lowest BCUT2D eigenvalue weighted by Gasteiger charge is -2.24. The third-order valence-electron chi connectivity index (χ3n) is 13.4. The van der Waals surface area contributed by atoms with Gasteiger partial charge in [-0.1, -0.05) is 206 Å². The molecule has 0 spiro atoms. The molecular weight excluding hydrogens is 794 g/mol. The Morgan fingerprint density at radius 2 is 0.781 bits per heavy atom. The number of hydrogen-bond donors (Lipinski definition) is 0. The van der Waals surface area contributed by atoms with Crippen LogP contribution in [0.15, 0.2) is 231 Å². The topological polar surface area (TPSA) is 30.0 Å². The van der Waals surface area contributed by atoms with Gasteiger partial charge in [0.1, 0.15) is 0 Å². The minimum absolute atomic E-state index is 0.820. The Kier molecular flexibility index (Phi) is 8.22. The molecule has 0 bridgehead atoms. The standard InChI is InChI=1S/C61H38NOP/c63-64(44-32-30-39-16-4-6-20-42(39)36-44,45-33-31-40-17-5-7-21-43(40)37-45)57-35-34-50(46-22-8-12-26-51(46)57)55-38-56-58(52-27-13-10-25-49(52)55)59-53-28-14-9-23-47(53)48-24-11-15-29-54(48)61(59)62-60(56)41-18-2-1-3-19-41/h1-38H. The zero-order valence-corrected chi connectivity index (χ0v) is 35.6. The van der Waals surface area contributed by atoms with E-state index in [0.717, 1.165) is 92.3 Å². The van der Waals surface area contributed by atoms with E-state index >= 15 is 4.57 Å². The van der Waals surface area contributed by atoms with Crippen molar-refractivity contribution in [2.45, 2.75) is 0 Å². The van der Waals surface area contributed by atoms with Crippen LogP contribution in [0.3, 0.4) is 0 Å². The lowest BCUT2D eigenvalue weighted by Crippen LogP contribution is -2.26. The van der Waals surface area contributed by atoms with Crippen LogP contribution < -0.4 is 15.9 Å². The van der Waals surface area contributed by atoms with E-state index in [4.69, 9.17) is 4.98 Å². The highest BCUT2D eigenvalue weighted by atomic mass is 31.2. The van der Waals surface area contributed by atoms with Gasteiger partial charge in [-0.2, -0.15) is 0 Å². The predicted molar refractivity (Wildman–Crippen MR) is 275 cm³/mol. The van der Waals surface area contributed by atoms with Crippen molar-refractivity contribution in [1.29, 1.82) is 0 Å². The maximum Gasteiger partial charge on any atom is 0.171 e. The third-order valence-corrected chi connectivity index (χ3v) is 16.5. The lowest BCUT2D eigenvalue weighted by atomic mass is 9.86. The molecule has 0 radical (unpaired) electrons. The van der Waals surface area contributed by atoms with E-state index in [0.29, 0.717) is 0 Å². The first-order valence-electron chi connectivity index (χ1n) is 21.9. The average Bonchev–Trinajstić information content (AvgIpc) is 3.37. The van der Waals surface area contributed by atoms with Crippen molar-refractivity contribution in [3.8, 4) is 22.4 Å². The number of nitrogens with zero attached hydrogens (tertiary/aromatic N) is 1. The van der Waals surface area contributed by atoms with E-state index in [1.807, 2.05) is 0 Å². The minimum Gasteiger partial charge on any atom is -0.309 e. The summed E-state index contributed by atoms with van der Waals surface area (Å²) < 4.78 is 16.7. The number of benzene rings is 12. The first kappa shape index (κ1) is 36.7. The Hall–Kier alpha value is -7.90. The Labute approximate surface area is 370 Å². The normalized spacial score (nSPS) is 12.1. The molecule has 1 heterocycles. The van der Waals surface area contributed by atoms with Crippen LogP contribution >= 0.6 is 7.14 Å². The Bertz CT molecular complexity index is 4030. The van der Waals surface area contributed by atoms with Crippen molar-refractivity contribution in [3.63, 3.8) is 0 Å². The molecule has 0 fully saturated rings. The summed E-state index contributed by atoms with van der Waals surface area (Å²) in [5.74, 6) is 0. The molecule has 0 aliphatic carbocycles. The van der Waals surface area contributed by atoms with Crippen LogP contribution in [-0.2, 0) is 4.57 Å². The smallest absolute Gasteiger partial charge is 0.171 e. The predicted octanol–water partition coefficient (Wildman–Crippen LogP) is 15.3. The molecule has 0 aliphatic heterocycles. The maximum atomic E-state index is 16.7. The quantitative estimate of drug-likeness (QED) is 0.128. The van der Waals surface area contributed by atoms with Gasteiger partial charge in [-0.25, -0.2) is 4.98 Å². The molecule has 13 rings (SSSR count). The third kappa shape index (κ3) is 5.46. The van der Waals surface area contributed by atoms with E-state index in [2.05, 4.69) is 231 Å². The maximum absolute atomic E-state index is 16.7. The van der Waals surface area contributed by atoms with Gasteiger partial charge in [0, 0.05) is 43.0 Å². The fraction of sp³-hybridized carbons (Fsp3) is 0. The van der Waals surface area contributed by atoms with E-state index in [1.165, 1.54) is 32.3 Å². The van der Waals surface area contributed by atoms with Gasteiger partial charge >= 0.3 is 0 Å². The summed E-state index contributed by atoms with van der Waals surface area (Å²) in [5.41, 5.74) is 5.23. The van der Waals surface area contributed by atoms with Crippen molar-refractivity contribution in [1.82, 2.24) is 4.98 Å². The van der Waals surface area contributed by atoms with E-state index in [1.54, 1.807) is 0 Å². The average molecular weight is 832 g/mol. The van der Waals surface area contributed by atoms with Crippen LogP contribution in [-0.4, -0.2) is 4.98 Å². The Morgan fingerprint density at radius 3 is 1.41 bits per heavy atom. The second kappa shape index (κ2) is 14.3. The highest BCUT2D eigenvalue weighted by Crippen LogP contribution is 2.49. The number of fused-ring (bicyclic) bond motifs is 13. The van der Waals surface area contributed by atoms with Gasteiger partial charge in [-0.05, 0) is 94.6 Å². The molecule has 0 atom stereocenters. The highest BCUT2D eigenvalue weighted by molar-refractivity contribution is 7.85. The summed E-state index contributed by atoms with van der Waals surface area (Å²) >= 11 is 0. The van der Waals surface area contributed by atoms with Crippen LogP contribution in [0, 0.1) is 0 Å². The first-order valence-corrected chi connectivity index (χ1v) is 23.6. The summed E-state index contributed by atoms with van der Waals surface area (Å²) in [6.45, 7) is 0. The lowest BCUT2D eigenvalue weighted by molar-refractivity contribution is 0.592. The van der Waals surface area contributed by atoms with E-state index in [9.17, 15) is 0 Å². The molecule has 13 aromatic rings. The summed E-state index contributed by atoms with van der Waals surface area (Å²) in [6.07, 6.45) is 0. The summed E-state index contributed by atoms with van der Waals surface area (Å²) in [7, 11) is -3.46. The molecular formula is C61H38NOP. The van der Waals surface area contributed by atoms with Crippen LogP contribution in [0.1, 0.15) is 0 Å².